The van der Waals surface area contributed by atoms with Crippen LogP contribution in [0.5, 0.6) is 0 Å². The number of nitro benzene ring substituents is 1. The molecule has 0 fully saturated rings. The highest BCUT2D eigenvalue weighted by Crippen LogP contribution is 2.39. The summed E-state index contributed by atoms with van der Waals surface area (Å²) in [6, 6.07) is 11.0. The molecule has 0 aromatic heterocycles. The fraction of sp³-hybridized carbons (Fsp3) is 0.0769. The second kappa shape index (κ2) is 5.71. The summed E-state index contributed by atoms with van der Waals surface area (Å²) in [5, 5.41) is 13.9. The van der Waals surface area contributed by atoms with Gasteiger partial charge < -0.3 is 5.32 Å². The predicted octanol–water partition coefficient (Wildman–Crippen LogP) is 3.93. The molecule has 2 rings (SSSR count). The summed E-state index contributed by atoms with van der Waals surface area (Å²) < 4.78 is 13.1. The Bertz CT molecular complexity index is 619. The molecular weight excluding hydrogens is 267 g/mol. The first-order chi connectivity index (χ1) is 9.11. The molecule has 4 nitrogen and oxygen atoms in total. The van der Waals surface area contributed by atoms with Gasteiger partial charge in [0.15, 0.2) is 0 Å². The second-order valence-electron chi connectivity index (χ2n) is 3.72. The molecule has 0 spiro atoms. The minimum absolute atomic E-state index is 0.000684. The quantitative estimate of drug-likeness (QED) is 0.680. The summed E-state index contributed by atoms with van der Waals surface area (Å²) in [7, 11) is 1.62. The Morgan fingerprint density at radius 3 is 2.63 bits per heavy atom. The number of nitrogens with zero attached hydrogens (tertiary/aromatic N) is 1. The molecule has 1 N–H and O–H groups in total. The predicted molar refractivity (Wildman–Crippen MR) is 73.2 cm³/mol. The lowest BCUT2D eigenvalue weighted by molar-refractivity contribution is -0.386. The van der Waals surface area contributed by atoms with Gasteiger partial charge in [-0.1, -0.05) is 23.9 Å². The van der Waals surface area contributed by atoms with Crippen LogP contribution in [0.2, 0.25) is 0 Å². The Hall–Kier alpha value is -2.08. The van der Waals surface area contributed by atoms with Gasteiger partial charge in [0.25, 0.3) is 0 Å². The third-order valence-electron chi connectivity index (χ3n) is 2.47. The number of hydrogen-bond acceptors (Lipinski definition) is 4. The van der Waals surface area contributed by atoms with Crippen molar-refractivity contribution >= 4 is 23.1 Å². The SMILES string of the molecule is CNc1cccc(Sc2cccc(F)c2)c1[N+](=O)[O-]. The van der Waals surface area contributed by atoms with Crippen LogP contribution in [0.25, 0.3) is 0 Å². The van der Waals surface area contributed by atoms with Crippen molar-refractivity contribution in [1.29, 1.82) is 0 Å². The third-order valence-corrected chi connectivity index (χ3v) is 3.51. The molecule has 19 heavy (non-hydrogen) atoms. The van der Waals surface area contributed by atoms with Crippen LogP contribution >= 0.6 is 11.8 Å². The molecule has 0 radical (unpaired) electrons. The van der Waals surface area contributed by atoms with Crippen molar-refractivity contribution in [2.75, 3.05) is 12.4 Å². The Labute approximate surface area is 113 Å². The molecule has 0 amide bonds. The highest BCUT2D eigenvalue weighted by molar-refractivity contribution is 7.99. The molecule has 0 heterocycles. The van der Waals surface area contributed by atoms with Crippen molar-refractivity contribution in [3.8, 4) is 0 Å². The van der Waals surface area contributed by atoms with Crippen molar-refractivity contribution in [3.05, 3.63) is 58.4 Å². The average molecular weight is 278 g/mol. The number of hydrogen-bond donors (Lipinski definition) is 1. The van der Waals surface area contributed by atoms with Crippen molar-refractivity contribution in [3.63, 3.8) is 0 Å². The monoisotopic (exact) mass is 278 g/mol. The van der Waals surface area contributed by atoms with Gasteiger partial charge in [-0.25, -0.2) is 4.39 Å². The third kappa shape index (κ3) is 3.03. The standard InChI is InChI=1S/C13H11FN2O2S/c1-15-11-6-3-7-12(13(11)16(17)18)19-10-5-2-4-9(14)8-10/h2-8,15H,1H3. The first-order valence-electron chi connectivity index (χ1n) is 5.50. The minimum atomic E-state index is -0.437. The maximum absolute atomic E-state index is 13.1. The van der Waals surface area contributed by atoms with Crippen LogP contribution in [-0.2, 0) is 0 Å². The summed E-state index contributed by atoms with van der Waals surface area (Å²) in [5.41, 5.74) is 0.436. The lowest BCUT2D eigenvalue weighted by Crippen LogP contribution is -1.98. The second-order valence-corrected chi connectivity index (χ2v) is 4.83. The molecule has 0 aliphatic heterocycles. The summed E-state index contributed by atoms with van der Waals surface area (Å²) in [6.45, 7) is 0. The van der Waals surface area contributed by atoms with Gasteiger partial charge in [0.05, 0.1) is 9.82 Å². The maximum atomic E-state index is 13.1. The van der Waals surface area contributed by atoms with E-state index < -0.39 is 4.92 Å². The van der Waals surface area contributed by atoms with Crippen LogP contribution in [0.15, 0.2) is 52.3 Å². The largest absolute Gasteiger partial charge is 0.383 e. The van der Waals surface area contributed by atoms with E-state index in [1.807, 2.05) is 0 Å². The molecule has 0 unspecified atom stereocenters. The van der Waals surface area contributed by atoms with Gasteiger partial charge in [0, 0.05) is 11.9 Å². The highest BCUT2D eigenvalue weighted by Gasteiger charge is 2.19. The van der Waals surface area contributed by atoms with Crippen molar-refractivity contribution in [2.45, 2.75) is 9.79 Å². The van der Waals surface area contributed by atoms with Crippen LogP contribution in [0, 0.1) is 15.9 Å². The highest BCUT2D eigenvalue weighted by atomic mass is 32.2. The molecule has 0 saturated carbocycles. The van der Waals surface area contributed by atoms with Gasteiger partial charge in [0.2, 0.25) is 0 Å². The molecule has 0 aliphatic rings. The molecule has 0 aliphatic carbocycles. The van der Waals surface area contributed by atoms with E-state index in [1.54, 1.807) is 37.4 Å². The Morgan fingerprint density at radius 2 is 2.00 bits per heavy atom. The topological polar surface area (TPSA) is 55.2 Å². The zero-order valence-electron chi connectivity index (χ0n) is 10.1. The summed E-state index contributed by atoms with van der Waals surface area (Å²) in [4.78, 5) is 11.8. The lowest BCUT2D eigenvalue weighted by Gasteiger charge is -2.07. The number of nitrogens with one attached hydrogen (secondary N) is 1. The van der Waals surface area contributed by atoms with E-state index in [2.05, 4.69) is 5.32 Å². The molecule has 0 bridgehead atoms. The molecule has 0 saturated heterocycles. The fourth-order valence-corrected chi connectivity index (χ4v) is 2.65. The van der Waals surface area contributed by atoms with Crippen LogP contribution in [0.4, 0.5) is 15.8 Å². The van der Waals surface area contributed by atoms with Gasteiger partial charge in [-0.15, -0.1) is 0 Å². The van der Waals surface area contributed by atoms with Crippen molar-refractivity contribution in [2.24, 2.45) is 0 Å². The van der Waals surface area contributed by atoms with Gasteiger partial charge >= 0.3 is 5.69 Å². The summed E-state index contributed by atoms with van der Waals surface area (Å²) in [5.74, 6) is -0.363. The number of anilines is 1. The Morgan fingerprint density at radius 1 is 1.26 bits per heavy atom. The van der Waals surface area contributed by atoms with Gasteiger partial charge in [0.1, 0.15) is 11.5 Å². The van der Waals surface area contributed by atoms with Crippen LogP contribution in [-0.4, -0.2) is 12.0 Å². The van der Waals surface area contributed by atoms with E-state index in [0.717, 1.165) is 11.8 Å². The minimum Gasteiger partial charge on any atom is -0.383 e. The van der Waals surface area contributed by atoms with E-state index >= 15 is 0 Å². The maximum Gasteiger partial charge on any atom is 0.306 e. The van der Waals surface area contributed by atoms with E-state index in [-0.39, 0.29) is 11.5 Å². The normalized spacial score (nSPS) is 10.2. The van der Waals surface area contributed by atoms with Crippen molar-refractivity contribution in [1.82, 2.24) is 0 Å². The number of nitro groups is 1. The van der Waals surface area contributed by atoms with Gasteiger partial charge in [-0.05, 0) is 30.3 Å². The van der Waals surface area contributed by atoms with Gasteiger partial charge in [-0.3, -0.25) is 10.1 Å². The van der Waals surface area contributed by atoms with E-state index in [9.17, 15) is 14.5 Å². The number of benzene rings is 2. The van der Waals surface area contributed by atoms with Crippen molar-refractivity contribution < 1.29 is 9.31 Å². The summed E-state index contributed by atoms with van der Waals surface area (Å²) >= 11 is 1.16. The Balaban J connectivity index is 2.42. The summed E-state index contributed by atoms with van der Waals surface area (Å²) in [6.07, 6.45) is 0. The van der Waals surface area contributed by atoms with E-state index in [1.165, 1.54) is 12.1 Å². The van der Waals surface area contributed by atoms with Gasteiger partial charge in [-0.2, -0.15) is 0 Å². The molecule has 98 valence electrons. The molecule has 2 aromatic carbocycles. The first kappa shape index (κ1) is 13.4. The number of halogens is 1. The average Bonchev–Trinajstić information content (AvgIpc) is 2.38. The Kier molecular flexibility index (Phi) is 4.01. The zero-order chi connectivity index (χ0) is 13.8. The zero-order valence-corrected chi connectivity index (χ0v) is 10.9. The van der Waals surface area contributed by atoms with E-state index in [4.69, 9.17) is 0 Å². The lowest BCUT2D eigenvalue weighted by atomic mass is 10.2. The number of para-hydroxylation sites is 1. The van der Waals surface area contributed by atoms with Crippen LogP contribution < -0.4 is 5.32 Å². The number of rotatable bonds is 4. The fourth-order valence-electron chi connectivity index (χ4n) is 1.65. The molecule has 2 aromatic rings. The molecular formula is C13H11FN2O2S. The van der Waals surface area contributed by atoms with Crippen LogP contribution in [0.3, 0.4) is 0 Å². The molecule has 0 atom stereocenters. The van der Waals surface area contributed by atoms with Crippen LogP contribution in [0.1, 0.15) is 0 Å². The first-order valence-corrected chi connectivity index (χ1v) is 6.32. The van der Waals surface area contributed by atoms with E-state index in [0.29, 0.717) is 15.5 Å². The smallest absolute Gasteiger partial charge is 0.306 e. The molecule has 6 heteroatoms.